The van der Waals surface area contributed by atoms with E-state index in [1.54, 1.807) is 6.26 Å². The first-order valence-electron chi connectivity index (χ1n) is 3.85. The predicted molar refractivity (Wildman–Crippen MR) is 48.6 cm³/mol. The van der Waals surface area contributed by atoms with E-state index in [1.807, 2.05) is 6.07 Å². The molecule has 0 radical (unpaired) electrons. The summed E-state index contributed by atoms with van der Waals surface area (Å²) in [5.74, 6) is 5.76. The van der Waals surface area contributed by atoms with Gasteiger partial charge in [0.25, 0.3) is 0 Å². The molecule has 0 amide bonds. The summed E-state index contributed by atoms with van der Waals surface area (Å²) in [5.41, 5.74) is 3.61. The second-order valence-electron chi connectivity index (χ2n) is 3.04. The zero-order valence-corrected chi connectivity index (χ0v) is 7.93. The highest BCUT2D eigenvalue weighted by Crippen LogP contribution is 2.28. The molecule has 1 aromatic heterocycles. The normalized spacial score (nSPS) is 13.8. The molecule has 0 aliphatic rings. The topological polar surface area (TPSA) is 51.2 Å². The molecule has 0 aliphatic heterocycles. The number of hydrogen-bond donors (Lipinski definition) is 2. The molecule has 1 heterocycles. The Hall–Kier alpha value is -0.510. The summed E-state index contributed by atoms with van der Waals surface area (Å²) in [5, 5.41) is 0.409. The molecule has 0 saturated heterocycles. The Morgan fingerprint density at radius 1 is 1.58 bits per heavy atom. The summed E-state index contributed by atoms with van der Waals surface area (Å²) >= 11 is 5.80. The van der Waals surface area contributed by atoms with Crippen LogP contribution in [-0.2, 0) is 0 Å². The van der Waals surface area contributed by atoms with Crippen LogP contribution in [0.25, 0.3) is 0 Å². The Morgan fingerprint density at radius 3 is 2.58 bits per heavy atom. The summed E-state index contributed by atoms with van der Waals surface area (Å²) in [6.07, 6.45) is 1.56. The van der Waals surface area contributed by atoms with Crippen LogP contribution in [0.4, 0.5) is 0 Å². The Bertz CT molecular complexity index is 247. The third-order valence-corrected chi connectivity index (χ3v) is 2.13. The summed E-state index contributed by atoms with van der Waals surface area (Å²) in [6.45, 7) is 4.13. The second kappa shape index (κ2) is 3.94. The van der Waals surface area contributed by atoms with Crippen molar-refractivity contribution in [1.29, 1.82) is 0 Å². The summed E-state index contributed by atoms with van der Waals surface area (Å²) in [4.78, 5) is 0. The SMILES string of the molecule is CC(C)C(NN)c1ccoc1Cl. The van der Waals surface area contributed by atoms with Gasteiger partial charge in [-0.25, -0.2) is 0 Å². The van der Waals surface area contributed by atoms with Crippen molar-refractivity contribution in [3.05, 3.63) is 23.1 Å². The van der Waals surface area contributed by atoms with Gasteiger partial charge >= 0.3 is 0 Å². The summed E-state index contributed by atoms with van der Waals surface area (Å²) in [6, 6.07) is 1.88. The maximum atomic E-state index is 5.80. The van der Waals surface area contributed by atoms with Gasteiger partial charge < -0.3 is 4.42 Å². The van der Waals surface area contributed by atoms with Gasteiger partial charge in [-0.05, 0) is 23.6 Å². The molecule has 0 aromatic carbocycles. The summed E-state index contributed by atoms with van der Waals surface area (Å²) < 4.78 is 4.97. The highest BCUT2D eigenvalue weighted by atomic mass is 35.5. The standard InChI is InChI=1S/C8H13ClN2O/c1-5(2)7(11-10)6-3-4-12-8(6)9/h3-5,7,11H,10H2,1-2H3. The molecule has 4 heteroatoms. The van der Waals surface area contributed by atoms with E-state index in [2.05, 4.69) is 19.3 Å². The molecular weight excluding hydrogens is 176 g/mol. The Balaban J connectivity index is 2.87. The molecule has 12 heavy (non-hydrogen) atoms. The van der Waals surface area contributed by atoms with Gasteiger partial charge in [-0.2, -0.15) is 0 Å². The van der Waals surface area contributed by atoms with Gasteiger partial charge in [-0.3, -0.25) is 11.3 Å². The molecule has 0 fully saturated rings. The minimum atomic E-state index is 0.0521. The van der Waals surface area contributed by atoms with Crippen LogP contribution >= 0.6 is 11.6 Å². The molecule has 0 aliphatic carbocycles. The quantitative estimate of drug-likeness (QED) is 0.564. The maximum Gasteiger partial charge on any atom is 0.197 e. The number of nitrogens with one attached hydrogen (secondary N) is 1. The molecule has 1 rings (SSSR count). The zero-order chi connectivity index (χ0) is 9.14. The second-order valence-corrected chi connectivity index (χ2v) is 3.38. The van der Waals surface area contributed by atoms with Crippen molar-refractivity contribution in [2.24, 2.45) is 11.8 Å². The van der Waals surface area contributed by atoms with Crippen LogP contribution < -0.4 is 11.3 Å². The van der Waals surface area contributed by atoms with Gasteiger partial charge in [-0.15, -0.1) is 0 Å². The fourth-order valence-corrected chi connectivity index (χ4v) is 1.40. The van der Waals surface area contributed by atoms with Crippen molar-refractivity contribution in [3.63, 3.8) is 0 Å². The number of halogens is 1. The third-order valence-electron chi connectivity index (χ3n) is 1.83. The lowest BCUT2D eigenvalue weighted by atomic mass is 9.99. The van der Waals surface area contributed by atoms with Crippen LogP contribution in [0.15, 0.2) is 16.7 Å². The van der Waals surface area contributed by atoms with E-state index in [9.17, 15) is 0 Å². The monoisotopic (exact) mass is 188 g/mol. The fraction of sp³-hybridized carbons (Fsp3) is 0.500. The van der Waals surface area contributed by atoms with Crippen molar-refractivity contribution >= 4 is 11.6 Å². The molecule has 0 saturated carbocycles. The molecule has 1 atom stereocenters. The number of hydrogen-bond acceptors (Lipinski definition) is 3. The number of hydrazine groups is 1. The van der Waals surface area contributed by atoms with E-state index >= 15 is 0 Å². The zero-order valence-electron chi connectivity index (χ0n) is 7.17. The first-order chi connectivity index (χ1) is 5.66. The maximum absolute atomic E-state index is 5.80. The van der Waals surface area contributed by atoms with Crippen molar-refractivity contribution in [3.8, 4) is 0 Å². The molecule has 1 aromatic rings. The molecule has 1 unspecified atom stereocenters. The van der Waals surface area contributed by atoms with Crippen LogP contribution in [0.5, 0.6) is 0 Å². The van der Waals surface area contributed by atoms with Crippen molar-refractivity contribution in [2.45, 2.75) is 19.9 Å². The molecular formula is C8H13ClN2O. The minimum Gasteiger partial charge on any atom is -0.453 e. The van der Waals surface area contributed by atoms with E-state index in [0.717, 1.165) is 5.56 Å². The van der Waals surface area contributed by atoms with Gasteiger partial charge in [0, 0.05) is 5.56 Å². The Morgan fingerprint density at radius 2 is 2.25 bits per heavy atom. The average molecular weight is 189 g/mol. The van der Waals surface area contributed by atoms with Crippen LogP contribution in [0.1, 0.15) is 25.5 Å². The fourth-order valence-electron chi connectivity index (χ4n) is 1.17. The number of furan rings is 1. The molecule has 3 N–H and O–H groups in total. The molecule has 68 valence electrons. The molecule has 3 nitrogen and oxygen atoms in total. The van der Waals surface area contributed by atoms with E-state index < -0.39 is 0 Å². The summed E-state index contributed by atoms with van der Waals surface area (Å²) in [7, 11) is 0. The number of nitrogens with two attached hydrogens (primary N) is 1. The van der Waals surface area contributed by atoms with E-state index in [1.165, 1.54) is 0 Å². The van der Waals surface area contributed by atoms with E-state index in [0.29, 0.717) is 11.1 Å². The highest BCUT2D eigenvalue weighted by molar-refractivity contribution is 6.29. The number of rotatable bonds is 3. The van der Waals surface area contributed by atoms with Crippen LogP contribution in [0, 0.1) is 5.92 Å². The van der Waals surface area contributed by atoms with E-state index in [-0.39, 0.29) is 6.04 Å². The average Bonchev–Trinajstić information content (AvgIpc) is 2.38. The van der Waals surface area contributed by atoms with Gasteiger partial charge in [-0.1, -0.05) is 13.8 Å². The smallest absolute Gasteiger partial charge is 0.197 e. The highest BCUT2D eigenvalue weighted by Gasteiger charge is 2.18. The largest absolute Gasteiger partial charge is 0.453 e. The van der Waals surface area contributed by atoms with Crippen molar-refractivity contribution < 1.29 is 4.42 Å². The first-order valence-corrected chi connectivity index (χ1v) is 4.23. The first kappa shape index (κ1) is 9.58. The minimum absolute atomic E-state index is 0.0521. The lowest BCUT2D eigenvalue weighted by Gasteiger charge is -2.18. The van der Waals surface area contributed by atoms with Crippen molar-refractivity contribution in [2.75, 3.05) is 0 Å². The van der Waals surface area contributed by atoms with Crippen LogP contribution in [-0.4, -0.2) is 0 Å². The van der Waals surface area contributed by atoms with Crippen LogP contribution in [0.2, 0.25) is 5.22 Å². The predicted octanol–water partition coefficient (Wildman–Crippen LogP) is 2.09. The van der Waals surface area contributed by atoms with Crippen LogP contribution in [0.3, 0.4) is 0 Å². The van der Waals surface area contributed by atoms with Gasteiger partial charge in [0.2, 0.25) is 0 Å². The molecule has 0 bridgehead atoms. The van der Waals surface area contributed by atoms with E-state index in [4.69, 9.17) is 21.9 Å². The van der Waals surface area contributed by atoms with Gasteiger partial charge in [0.1, 0.15) is 0 Å². The van der Waals surface area contributed by atoms with Crippen molar-refractivity contribution in [1.82, 2.24) is 5.43 Å². The lowest BCUT2D eigenvalue weighted by molar-refractivity contribution is 0.416. The third kappa shape index (κ3) is 1.80. The lowest BCUT2D eigenvalue weighted by Crippen LogP contribution is -2.31. The Kier molecular flexibility index (Phi) is 3.14. The molecule has 0 spiro atoms. The van der Waals surface area contributed by atoms with Gasteiger partial charge in [0.15, 0.2) is 5.22 Å². The van der Waals surface area contributed by atoms with Gasteiger partial charge in [0.05, 0.1) is 12.3 Å². The Labute approximate surface area is 76.8 Å².